The molecule has 0 atom stereocenters. The molecule has 1 aliphatic heterocycles. The van der Waals surface area contributed by atoms with Crippen molar-refractivity contribution in [2.24, 2.45) is 5.92 Å². The molecular weight excluding hydrogens is 363 g/mol. The molecule has 0 aliphatic carbocycles. The summed E-state index contributed by atoms with van der Waals surface area (Å²) in [6.45, 7) is 6.73. The zero-order valence-corrected chi connectivity index (χ0v) is 16.5. The fourth-order valence-electron chi connectivity index (χ4n) is 3.50. The predicted octanol–water partition coefficient (Wildman–Crippen LogP) is 4.60. The topological polar surface area (TPSA) is 37.4 Å². The second kappa shape index (κ2) is 7.89. The Bertz CT molecular complexity index is 706. The Morgan fingerprint density at radius 1 is 1.12 bits per heavy atom. The van der Waals surface area contributed by atoms with Gasteiger partial charge in [0, 0.05) is 0 Å². The quantitative estimate of drug-likeness (QED) is 0.711. The normalized spacial score (nSPS) is 18.2. The first-order valence-electron chi connectivity index (χ1n) is 9.04. The molecule has 0 radical (unpaired) electrons. The van der Waals surface area contributed by atoms with Gasteiger partial charge in [0.2, 0.25) is 0 Å². The molecule has 3 nitrogen and oxygen atoms in total. The molecular formula is C19H28F3NO2S. The van der Waals surface area contributed by atoms with Gasteiger partial charge in [0.15, 0.2) is 9.84 Å². The lowest BCUT2D eigenvalue weighted by Crippen LogP contribution is -2.40. The van der Waals surface area contributed by atoms with Crippen molar-refractivity contribution in [1.29, 1.82) is 0 Å². The molecule has 1 heterocycles. The Kier molecular flexibility index (Phi) is 6.44. The Morgan fingerprint density at radius 2 is 1.69 bits per heavy atom. The molecule has 1 fully saturated rings. The first-order chi connectivity index (χ1) is 11.9. The van der Waals surface area contributed by atoms with Gasteiger partial charge in [-0.2, -0.15) is 13.2 Å². The van der Waals surface area contributed by atoms with E-state index in [0.717, 1.165) is 5.56 Å². The highest BCUT2D eigenvalue weighted by Crippen LogP contribution is 2.35. The number of alkyl halides is 3. The lowest BCUT2D eigenvalue weighted by molar-refractivity contribution is -0.185. The summed E-state index contributed by atoms with van der Waals surface area (Å²) in [7, 11) is -3.47. The molecule has 0 saturated carbocycles. The third kappa shape index (κ3) is 4.80. The van der Waals surface area contributed by atoms with Crippen LogP contribution in [0.2, 0.25) is 0 Å². The van der Waals surface area contributed by atoms with E-state index < -0.39 is 26.7 Å². The number of benzene rings is 1. The molecule has 1 aromatic rings. The van der Waals surface area contributed by atoms with Crippen LogP contribution in [0.25, 0.3) is 0 Å². The monoisotopic (exact) mass is 391 g/mol. The highest BCUT2D eigenvalue weighted by molar-refractivity contribution is 7.92. The molecule has 0 spiro atoms. The number of hydrogen-bond donors (Lipinski definition) is 0. The second-order valence-corrected chi connectivity index (χ2v) is 10.3. The number of nitrogens with zero attached hydrogens (tertiary/aromatic N) is 1. The van der Waals surface area contributed by atoms with E-state index in [1.165, 1.54) is 0 Å². The van der Waals surface area contributed by atoms with Crippen molar-refractivity contribution < 1.29 is 21.6 Å². The lowest BCUT2D eigenvalue weighted by atomic mass is 9.96. The van der Waals surface area contributed by atoms with E-state index in [0.29, 0.717) is 37.4 Å². The van der Waals surface area contributed by atoms with E-state index in [1.807, 2.05) is 11.0 Å². The summed E-state index contributed by atoms with van der Waals surface area (Å²) in [6.07, 6.45) is -2.71. The van der Waals surface area contributed by atoms with Crippen LogP contribution in [0, 0.1) is 12.8 Å². The van der Waals surface area contributed by atoms with E-state index in [-0.39, 0.29) is 12.8 Å². The molecule has 0 unspecified atom stereocenters. The summed E-state index contributed by atoms with van der Waals surface area (Å²) < 4.78 is 63.2. The van der Waals surface area contributed by atoms with E-state index in [2.05, 4.69) is 0 Å². The van der Waals surface area contributed by atoms with Crippen molar-refractivity contribution in [3.8, 4) is 0 Å². The molecule has 0 N–H and O–H groups in total. The standard InChI is InChI=1S/C19H28F3NO2S/c1-15-7-4-5-8-17(15)26(24,25)18(2,3)11-6-12-23-13-9-16(10-14-23)19(20,21)22/h4-5,7-8,16H,6,9-14H2,1-3H3. The summed E-state index contributed by atoms with van der Waals surface area (Å²) in [5.41, 5.74) is 0.731. The zero-order chi connectivity index (χ0) is 19.6. The minimum absolute atomic E-state index is 0.133. The van der Waals surface area contributed by atoms with Crippen LogP contribution in [0.5, 0.6) is 0 Å². The Labute approximate surface area is 154 Å². The van der Waals surface area contributed by atoms with Crippen LogP contribution >= 0.6 is 0 Å². The van der Waals surface area contributed by atoms with Gasteiger partial charge >= 0.3 is 6.18 Å². The van der Waals surface area contributed by atoms with Crippen LogP contribution in [0.15, 0.2) is 29.2 Å². The van der Waals surface area contributed by atoms with Crippen LogP contribution in [-0.4, -0.2) is 43.9 Å². The molecule has 7 heteroatoms. The lowest BCUT2D eigenvalue weighted by Gasteiger charge is -2.33. The maximum absolute atomic E-state index is 13.0. The van der Waals surface area contributed by atoms with Crippen molar-refractivity contribution in [2.45, 2.75) is 62.3 Å². The molecule has 1 aliphatic rings. The fourth-order valence-corrected chi connectivity index (χ4v) is 5.26. The SMILES string of the molecule is Cc1ccccc1S(=O)(=O)C(C)(C)CCCN1CCC(C(F)(F)F)CC1. The molecule has 26 heavy (non-hydrogen) atoms. The van der Waals surface area contributed by atoms with Crippen molar-refractivity contribution in [1.82, 2.24) is 4.90 Å². The average molecular weight is 391 g/mol. The average Bonchev–Trinajstić information content (AvgIpc) is 2.54. The first-order valence-corrected chi connectivity index (χ1v) is 10.5. The molecule has 1 aromatic carbocycles. The third-order valence-electron chi connectivity index (χ3n) is 5.41. The number of hydrogen-bond acceptors (Lipinski definition) is 3. The maximum Gasteiger partial charge on any atom is 0.391 e. The molecule has 1 saturated heterocycles. The largest absolute Gasteiger partial charge is 0.391 e. The number of aryl methyl sites for hydroxylation is 1. The van der Waals surface area contributed by atoms with Gasteiger partial charge < -0.3 is 4.90 Å². The van der Waals surface area contributed by atoms with Crippen LogP contribution in [-0.2, 0) is 9.84 Å². The van der Waals surface area contributed by atoms with E-state index in [9.17, 15) is 21.6 Å². The summed E-state index contributed by atoms with van der Waals surface area (Å²) in [6, 6.07) is 6.95. The van der Waals surface area contributed by atoms with Crippen LogP contribution in [0.1, 0.15) is 45.1 Å². The fraction of sp³-hybridized carbons (Fsp3) is 0.684. The smallest absolute Gasteiger partial charge is 0.303 e. The van der Waals surface area contributed by atoms with Gasteiger partial charge in [0.25, 0.3) is 0 Å². The number of piperidine rings is 1. The van der Waals surface area contributed by atoms with Gasteiger partial charge in [-0.25, -0.2) is 8.42 Å². The van der Waals surface area contributed by atoms with Gasteiger partial charge in [0.1, 0.15) is 0 Å². The van der Waals surface area contributed by atoms with Crippen LogP contribution < -0.4 is 0 Å². The summed E-state index contributed by atoms with van der Waals surface area (Å²) in [5, 5.41) is 0. The molecule has 148 valence electrons. The van der Waals surface area contributed by atoms with Crippen molar-refractivity contribution >= 4 is 9.84 Å². The minimum atomic E-state index is -4.10. The highest BCUT2D eigenvalue weighted by Gasteiger charge is 2.41. The summed E-state index contributed by atoms with van der Waals surface area (Å²) >= 11 is 0. The first kappa shape index (κ1) is 21.2. The summed E-state index contributed by atoms with van der Waals surface area (Å²) in [5.74, 6) is -1.20. The van der Waals surface area contributed by atoms with Crippen LogP contribution in [0.4, 0.5) is 13.2 Å². The predicted molar refractivity (Wildman–Crippen MR) is 96.9 cm³/mol. The molecule has 0 bridgehead atoms. The van der Waals surface area contributed by atoms with Crippen molar-refractivity contribution in [3.05, 3.63) is 29.8 Å². The molecule has 2 rings (SSSR count). The molecule has 0 amide bonds. The van der Waals surface area contributed by atoms with Crippen LogP contribution in [0.3, 0.4) is 0 Å². The van der Waals surface area contributed by atoms with E-state index in [1.54, 1.807) is 39.0 Å². The number of sulfone groups is 1. The Hall–Kier alpha value is -1.08. The Balaban J connectivity index is 1.90. The maximum atomic E-state index is 13.0. The number of halogens is 3. The minimum Gasteiger partial charge on any atom is -0.303 e. The van der Waals surface area contributed by atoms with E-state index >= 15 is 0 Å². The number of rotatable bonds is 6. The van der Waals surface area contributed by atoms with Crippen molar-refractivity contribution in [2.75, 3.05) is 19.6 Å². The van der Waals surface area contributed by atoms with Crippen molar-refractivity contribution in [3.63, 3.8) is 0 Å². The highest BCUT2D eigenvalue weighted by atomic mass is 32.2. The second-order valence-electron chi connectivity index (χ2n) is 7.79. The zero-order valence-electron chi connectivity index (χ0n) is 15.6. The van der Waals surface area contributed by atoms with Gasteiger partial charge in [-0.3, -0.25) is 0 Å². The van der Waals surface area contributed by atoms with Gasteiger partial charge in [-0.1, -0.05) is 18.2 Å². The van der Waals surface area contributed by atoms with E-state index in [4.69, 9.17) is 0 Å². The molecule has 0 aromatic heterocycles. The summed E-state index contributed by atoms with van der Waals surface area (Å²) in [4.78, 5) is 2.37. The number of likely N-dealkylation sites (tertiary alicyclic amines) is 1. The third-order valence-corrected chi connectivity index (χ3v) is 8.11. The van der Waals surface area contributed by atoms with Gasteiger partial charge in [0.05, 0.1) is 15.6 Å². The van der Waals surface area contributed by atoms with Gasteiger partial charge in [-0.05, 0) is 77.7 Å². The van der Waals surface area contributed by atoms with Gasteiger partial charge in [-0.15, -0.1) is 0 Å². The Morgan fingerprint density at radius 3 is 2.23 bits per heavy atom.